The molecule has 0 atom stereocenters. The number of benzene rings is 2. The number of ether oxygens (including phenoxy) is 1. The van der Waals surface area contributed by atoms with Gasteiger partial charge in [0.25, 0.3) is 5.91 Å². The molecule has 6 nitrogen and oxygen atoms in total. The maximum Gasteiger partial charge on any atom is 0.262 e. The van der Waals surface area contributed by atoms with E-state index in [1.165, 1.54) is 6.92 Å². The van der Waals surface area contributed by atoms with Gasteiger partial charge in [0.1, 0.15) is 5.75 Å². The molecule has 23 heavy (non-hydrogen) atoms. The third-order valence-corrected chi connectivity index (χ3v) is 2.82. The van der Waals surface area contributed by atoms with Gasteiger partial charge < -0.3 is 15.4 Å². The Morgan fingerprint density at radius 1 is 1.09 bits per heavy atom. The molecule has 0 saturated heterocycles. The second kappa shape index (κ2) is 7.61. The van der Waals surface area contributed by atoms with Crippen LogP contribution >= 0.6 is 0 Å². The minimum Gasteiger partial charge on any atom is -0.484 e. The molecule has 2 amide bonds. The molecule has 0 aromatic heterocycles. The number of carbonyl (C=O) groups excluding carboxylic acids is 2. The molecule has 0 aliphatic carbocycles. The quantitative estimate of drug-likeness (QED) is 0.888. The fourth-order valence-corrected chi connectivity index (χ4v) is 1.85. The number of nitriles is 1. The maximum atomic E-state index is 11.9. The molecule has 0 radical (unpaired) electrons. The van der Waals surface area contributed by atoms with Crippen LogP contribution in [0.5, 0.6) is 5.75 Å². The summed E-state index contributed by atoms with van der Waals surface area (Å²) in [7, 11) is 0. The molecule has 2 aromatic carbocycles. The van der Waals surface area contributed by atoms with E-state index in [-0.39, 0.29) is 18.4 Å². The molecular weight excluding hydrogens is 294 g/mol. The molecular formula is C17H15N3O3. The Morgan fingerprint density at radius 3 is 2.35 bits per heavy atom. The Bertz CT molecular complexity index is 748. The van der Waals surface area contributed by atoms with Crippen molar-refractivity contribution in [3.63, 3.8) is 0 Å². The van der Waals surface area contributed by atoms with Crippen LogP contribution in [-0.2, 0) is 9.59 Å². The van der Waals surface area contributed by atoms with E-state index in [0.717, 1.165) is 0 Å². The molecule has 0 saturated carbocycles. The SMILES string of the molecule is CC(=O)Nc1cccc(NC(=O)COc2ccc(C#N)cc2)c1. The molecule has 6 heteroatoms. The lowest BCUT2D eigenvalue weighted by Gasteiger charge is -2.09. The van der Waals surface area contributed by atoms with Gasteiger partial charge in [-0.2, -0.15) is 5.26 Å². The summed E-state index contributed by atoms with van der Waals surface area (Å²) < 4.78 is 5.34. The first-order valence-electron chi connectivity index (χ1n) is 6.87. The molecule has 2 N–H and O–H groups in total. The Balaban J connectivity index is 1.89. The van der Waals surface area contributed by atoms with Gasteiger partial charge in [-0.15, -0.1) is 0 Å². The molecule has 0 bridgehead atoms. The number of nitrogens with one attached hydrogen (secondary N) is 2. The number of anilines is 2. The van der Waals surface area contributed by atoms with Crippen LogP contribution in [0.25, 0.3) is 0 Å². The van der Waals surface area contributed by atoms with E-state index in [4.69, 9.17) is 10.00 Å². The molecule has 0 spiro atoms. The summed E-state index contributed by atoms with van der Waals surface area (Å²) >= 11 is 0. The number of amides is 2. The van der Waals surface area contributed by atoms with Crippen molar-refractivity contribution in [1.82, 2.24) is 0 Å². The highest BCUT2D eigenvalue weighted by Crippen LogP contribution is 2.15. The summed E-state index contributed by atoms with van der Waals surface area (Å²) in [5.74, 6) is -0.00175. The fourth-order valence-electron chi connectivity index (χ4n) is 1.85. The lowest BCUT2D eigenvalue weighted by molar-refractivity contribution is -0.118. The lowest BCUT2D eigenvalue weighted by atomic mass is 10.2. The highest BCUT2D eigenvalue weighted by atomic mass is 16.5. The Labute approximate surface area is 133 Å². The zero-order valence-electron chi connectivity index (χ0n) is 12.5. The van der Waals surface area contributed by atoms with Crippen molar-refractivity contribution in [2.24, 2.45) is 0 Å². The van der Waals surface area contributed by atoms with Crippen LogP contribution in [-0.4, -0.2) is 18.4 Å². The minimum atomic E-state index is -0.325. The second-order valence-electron chi connectivity index (χ2n) is 4.74. The summed E-state index contributed by atoms with van der Waals surface area (Å²) in [5, 5.41) is 14.0. The van der Waals surface area contributed by atoms with Crippen LogP contribution in [0.4, 0.5) is 11.4 Å². The van der Waals surface area contributed by atoms with E-state index in [9.17, 15) is 9.59 Å². The highest BCUT2D eigenvalue weighted by molar-refractivity contribution is 5.94. The average molecular weight is 309 g/mol. The average Bonchev–Trinajstić information content (AvgIpc) is 2.53. The molecule has 2 rings (SSSR count). The first kappa shape index (κ1) is 16.0. The smallest absolute Gasteiger partial charge is 0.262 e. The van der Waals surface area contributed by atoms with Gasteiger partial charge in [0, 0.05) is 18.3 Å². The predicted octanol–water partition coefficient (Wildman–Crippen LogP) is 2.53. The van der Waals surface area contributed by atoms with E-state index in [0.29, 0.717) is 22.7 Å². The normalized spacial score (nSPS) is 9.57. The fraction of sp³-hybridized carbons (Fsp3) is 0.118. The first-order valence-corrected chi connectivity index (χ1v) is 6.87. The van der Waals surface area contributed by atoms with E-state index < -0.39 is 0 Å². The molecule has 0 heterocycles. The van der Waals surface area contributed by atoms with Gasteiger partial charge in [0.15, 0.2) is 6.61 Å². The topological polar surface area (TPSA) is 91.2 Å². The van der Waals surface area contributed by atoms with Crippen molar-refractivity contribution in [3.8, 4) is 11.8 Å². The molecule has 2 aromatic rings. The Kier molecular flexibility index (Phi) is 5.31. The standard InChI is InChI=1S/C17H15N3O3/c1-12(21)19-14-3-2-4-15(9-14)20-17(22)11-23-16-7-5-13(10-18)6-8-16/h2-9H,11H2,1H3,(H,19,21)(H,20,22). The number of hydrogen-bond acceptors (Lipinski definition) is 4. The van der Waals surface area contributed by atoms with Crippen molar-refractivity contribution in [3.05, 3.63) is 54.1 Å². The van der Waals surface area contributed by atoms with Gasteiger partial charge in [0.2, 0.25) is 5.91 Å². The van der Waals surface area contributed by atoms with Crippen LogP contribution in [0.1, 0.15) is 12.5 Å². The van der Waals surface area contributed by atoms with Gasteiger partial charge in [-0.3, -0.25) is 9.59 Å². The first-order chi connectivity index (χ1) is 11.1. The lowest BCUT2D eigenvalue weighted by Crippen LogP contribution is -2.20. The van der Waals surface area contributed by atoms with Gasteiger partial charge in [-0.05, 0) is 42.5 Å². The Morgan fingerprint density at radius 2 is 1.74 bits per heavy atom. The van der Waals surface area contributed by atoms with Crippen LogP contribution < -0.4 is 15.4 Å². The van der Waals surface area contributed by atoms with Crippen molar-refractivity contribution >= 4 is 23.2 Å². The van der Waals surface area contributed by atoms with Gasteiger partial charge >= 0.3 is 0 Å². The van der Waals surface area contributed by atoms with Crippen LogP contribution in [0.3, 0.4) is 0 Å². The second-order valence-corrected chi connectivity index (χ2v) is 4.74. The number of rotatable bonds is 5. The van der Waals surface area contributed by atoms with Gasteiger partial charge in [0.05, 0.1) is 11.6 Å². The molecule has 0 aliphatic rings. The third-order valence-electron chi connectivity index (χ3n) is 2.82. The molecule has 116 valence electrons. The van der Waals surface area contributed by atoms with Crippen molar-refractivity contribution in [2.45, 2.75) is 6.92 Å². The van der Waals surface area contributed by atoms with Crippen molar-refractivity contribution in [2.75, 3.05) is 17.2 Å². The minimum absolute atomic E-state index is 0.156. The number of carbonyl (C=O) groups is 2. The van der Waals surface area contributed by atoms with Gasteiger partial charge in [-0.1, -0.05) is 6.07 Å². The predicted molar refractivity (Wildman–Crippen MR) is 86.0 cm³/mol. The maximum absolute atomic E-state index is 11.9. The number of nitrogens with zero attached hydrogens (tertiary/aromatic N) is 1. The van der Waals surface area contributed by atoms with E-state index >= 15 is 0 Å². The summed E-state index contributed by atoms with van der Waals surface area (Å²) in [6, 6.07) is 15.3. The van der Waals surface area contributed by atoms with Crippen LogP contribution in [0.15, 0.2) is 48.5 Å². The summed E-state index contributed by atoms with van der Waals surface area (Å²) in [6.45, 7) is 1.26. The molecule has 0 aliphatic heterocycles. The van der Waals surface area contributed by atoms with Crippen LogP contribution in [0.2, 0.25) is 0 Å². The monoisotopic (exact) mass is 309 g/mol. The third kappa shape index (κ3) is 5.17. The van der Waals surface area contributed by atoms with Crippen molar-refractivity contribution < 1.29 is 14.3 Å². The highest BCUT2D eigenvalue weighted by Gasteiger charge is 2.05. The zero-order valence-corrected chi connectivity index (χ0v) is 12.5. The number of hydrogen-bond donors (Lipinski definition) is 2. The van der Waals surface area contributed by atoms with Crippen molar-refractivity contribution in [1.29, 1.82) is 5.26 Å². The molecule has 0 unspecified atom stereocenters. The Hall–Kier alpha value is -3.33. The summed E-state index contributed by atoms with van der Waals surface area (Å²) in [5.41, 5.74) is 1.68. The summed E-state index contributed by atoms with van der Waals surface area (Å²) in [6.07, 6.45) is 0. The molecule has 0 fully saturated rings. The van der Waals surface area contributed by atoms with E-state index in [1.54, 1.807) is 48.5 Å². The van der Waals surface area contributed by atoms with E-state index in [1.807, 2.05) is 6.07 Å². The van der Waals surface area contributed by atoms with E-state index in [2.05, 4.69) is 10.6 Å². The zero-order chi connectivity index (χ0) is 16.7. The van der Waals surface area contributed by atoms with Gasteiger partial charge in [-0.25, -0.2) is 0 Å². The summed E-state index contributed by atoms with van der Waals surface area (Å²) in [4.78, 5) is 22.9. The van der Waals surface area contributed by atoms with Crippen LogP contribution in [0, 0.1) is 11.3 Å². The largest absolute Gasteiger partial charge is 0.484 e.